The van der Waals surface area contributed by atoms with Crippen LogP contribution >= 0.6 is 21.0 Å². The van der Waals surface area contributed by atoms with Gasteiger partial charge in [-0.3, -0.25) is 9.59 Å². The number of phenolic OH excluding ortho intramolecular Hbond substituents is 1. The molecule has 10 nitrogen and oxygen atoms in total. The summed E-state index contributed by atoms with van der Waals surface area (Å²) in [6, 6.07) is 10.8. The first-order valence-corrected chi connectivity index (χ1v) is 14.2. The largest absolute Gasteiger partial charge is 0.507 e. The number of thioether (sulfide) groups is 1. The lowest BCUT2D eigenvalue weighted by atomic mass is 10.1. The second kappa shape index (κ2) is 15.5. The van der Waals surface area contributed by atoms with Gasteiger partial charge in [-0.25, -0.2) is 19.4 Å². The zero-order valence-electron chi connectivity index (χ0n) is 22.2. The van der Waals surface area contributed by atoms with Crippen molar-refractivity contribution >= 4 is 56.5 Å². The van der Waals surface area contributed by atoms with Crippen molar-refractivity contribution in [2.45, 2.75) is 23.9 Å². The van der Waals surface area contributed by atoms with Crippen LogP contribution in [0, 0.1) is 17.1 Å². The van der Waals surface area contributed by atoms with Gasteiger partial charge in [-0.15, -0.1) is 27.6 Å². The van der Waals surface area contributed by atoms with E-state index in [1.165, 1.54) is 23.9 Å². The second-order valence-electron chi connectivity index (χ2n) is 8.55. The van der Waals surface area contributed by atoms with Crippen LogP contribution in [0.5, 0.6) is 5.75 Å². The van der Waals surface area contributed by atoms with Crippen molar-refractivity contribution in [3.63, 3.8) is 0 Å². The van der Waals surface area contributed by atoms with Crippen LogP contribution in [0.4, 0.5) is 15.9 Å². The first-order chi connectivity index (χ1) is 19.9. The summed E-state index contributed by atoms with van der Waals surface area (Å²) < 4.78 is 15.9. The Hall–Kier alpha value is -4.33. The van der Waals surface area contributed by atoms with E-state index in [1.54, 1.807) is 41.4 Å². The Balaban J connectivity index is 2.33. The number of carbonyl (C=O) groups excluding carboxylic acids is 2. The molecule has 0 radical (unpaired) electrons. The molecule has 3 rings (SSSR count). The van der Waals surface area contributed by atoms with Crippen LogP contribution in [0.1, 0.15) is 18.4 Å². The average molecular weight is 594 g/mol. The molecule has 41 heavy (non-hydrogen) atoms. The lowest BCUT2D eigenvalue weighted by Gasteiger charge is -2.30. The molecular weight excluding hydrogens is 564 g/mol. The summed E-state index contributed by atoms with van der Waals surface area (Å²) in [7, 11) is 2.43. The molecule has 0 aliphatic carbocycles. The van der Waals surface area contributed by atoms with Gasteiger partial charge in [0.25, 0.3) is 0 Å². The number of amidine groups is 1. The van der Waals surface area contributed by atoms with Crippen LogP contribution in [-0.2, 0) is 9.59 Å². The van der Waals surface area contributed by atoms with Crippen LogP contribution in [0.15, 0.2) is 65.3 Å². The van der Waals surface area contributed by atoms with Crippen LogP contribution in [0.3, 0.4) is 0 Å². The van der Waals surface area contributed by atoms with Crippen LogP contribution in [0.25, 0.3) is 11.3 Å². The predicted octanol–water partition coefficient (Wildman–Crippen LogP) is 3.76. The molecule has 0 spiro atoms. The van der Waals surface area contributed by atoms with Crippen LogP contribution in [0.2, 0.25) is 0 Å². The van der Waals surface area contributed by atoms with Crippen molar-refractivity contribution in [2.75, 3.05) is 24.7 Å². The van der Waals surface area contributed by atoms with Gasteiger partial charge in [-0.1, -0.05) is 18.2 Å². The van der Waals surface area contributed by atoms with E-state index in [4.69, 9.17) is 4.99 Å². The molecule has 1 aromatic carbocycles. The van der Waals surface area contributed by atoms with Gasteiger partial charge >= 0.3 is 0 Å². The molecule has 0 fully saturated rings. The highest BCUT2D eigenvalue weighted by atomic mass is 32.2. The number of nitrogens with zero attached hydrogens (tertiary/aromatic N) is 5. The molecule has 0 aliphatic rings. The molecule has 2 aromatic heterocycles. The van der Waals surface area contributed by atoms with E-state index in [0.29, 0.717) is 41.8 Å². The predicted molar refractivity (Wildman–Crippen MR) is 162 cm³/mol. The first-order valence-electron chi connectivity index (χ1n) is 12.4. The number of aliphatic imine (C=N–C) groups is 1. The Morgan fingerprint density at radius 2 is 2.15 bits per heavy atom. The zero-order chi connectivity index (χ0) is 29.8. The van der Waals surface area contributed by atoms with Crippen molar-refractivity contribution in [1.82, 2.24) is 20.2 Å². The number of carbonyl (C=O) groups is 2. The Labute approximate surface area is 244 Å². The molecule has 0 aliphatic heterocycles. The van der Waals surface area contributed by atoms with Crippen molar-refractivity contribution in [2.24, 2.45) is 4.99 Å². The van der Waals surface area contributed by atoms with E-state index in [9.17, 15) is 20.0 Å². The van der Waals surface area contributed by atoms with E-state index in [2.05, 4.69) is 42.5 Å². The number of benzene rings is 1. The van der Waals surface area contributed by atoms with Gasteiger partial charge in [0.15, 0.2) is 5.82 Å². The Kier molecular flexibility index (Phi) is 11.8. The summed E-state index contributed by atoms with van der Waals surface area (Å²) >= 11 is 1.37. The number of hydrogen-bond acceptors (Lipinski definition) is 8. The maximum absolute atomic E-state index is 15.9. The number of hydrogen-bond donors (Lipinski definition) is 3. The molecule has 2 atom stereocenters. The van der Waals surface area contributed by atoms with Crippen molar-refractivity contribution in [3.8, 4) is 23.1 Å². The number of nitriles is 1. The van der Waals surface area contributed by atoms with Crippen LogP contribution < -0.4 is 15.9 Å². The molecule has 2 heterocycles. The normalized spacial score (nSPS) is 11.7. The first kappa shape index (κ1) is 31.2. The topological polar surface area (TPSA) is 144 Å². The molecule has 3 aromatic rings. The van der Waals surface area contributed by atoms with Crippen molar-refractivity contribution < 1.29 is 19.1 Å². The molecule has 3 N–H and O–H groups in total. The fraction of sp³-hybridized carbons (Fsp3) is 0.214. The quantitative estimate of drug-likeness (QED) is 0.0640. The summed E-state index contributed by atoms with van der Waals surface area (Å²) in [6.07, 6.45) is 6.58. The molecule has 0 saturated heterocycles. The third-order valence-corrected chi connectivity index (χ3v) is 7.06. The number of amides is 2. The van der Waals surface area contributed by atoms with Gasteiger partial charge in [0, 0.05) is 19.3 Å². The van der Waals surface area contributed by atoms with E-state index < -0.39 is 11.9 Å². The lowest BCUT2D eigenvalue weighted by molar-refractivity contribution is -0.110. The van der Waals surface area contributed by atoms with Crippen molar-refractivity contribution in [3.05, 3.63) is 66.6 Å². The number of nitrogens with one attached hydrogen (secondary N) is 2. The third-order valence-electron chi connectivity index (χ3n) is 5.88. The number of rotatable bonds is 14. The Morgan fingerprint density at radius 1 is 1.34 bits per heavy atom. The Morgan fingerprint density at radius 3 is 2.80 bits per heavy atom. The van der Waals surface area contributed by atoms with Crippen LogP contribution in [-0.4, -0.2) is 64.0 Å². The highest BCUT2D eigenvalue weighted by Crippen LogP contribution is 2.33. The van der Waals surface area contributed by atoms with E-state index in [1.807, 2.05) is 6.26 Å². The smallest absolute Gasteiger partial charge is 0.212 e. The van der Waals surface area contributed by atoms with Gasteiger partial charge in [0.2, 0.25) is 12.8 Å². The van der Waals surface area contributed by atoms with Gasteiger partial charge < -0.3 is 20.6 Å². The van der Waals surface area contributed by atoms with Gasteiger partial charge in [0.05, 0.1) is 35.3 Å². The zero-order valence-corrected chi connectivity index (χ0v) is 24.2. The molecular formula is C28H29FN7O3PS. The third kappa shape index (κ3) is 7.87. The summed E-state index contributed by atoms with van der Waals surface area (Å²) in [5.41, 5.74) is 0.599. The maximum Gasteiger partial charge on any atom is 0.212 e. The number of aromatic hydroxyl groups is 1. The van der Waals surface area contributed by atoms with E-state index in [0.717, 1.165) is 0 Å². The molecule has 2 amide bonds. The van der Waals surface area contributed by atoms with E-state index in [-0.39, 0.29) is 47.2 Å². The highest BCUT2D eigenvalue weighted by Gasteiger charge is 2.25. The number of anilines is 1. The van der Waals surface area contributed by atoms with Crippen molar-refractivity contribution in [1.29, 1.82) is 5.26 Å². The number of aromatic nitrogens is 2. The summed E-state index contributed by atoms with van der Waals surface area (Å²) in [4.78, 5) is 38.4. The minimum absolute atomic E-state index is 0.00872. The highest BCUT2D eigenvalue weighted by molar-refractivity contribution is 7.98. The van der Waals surface area contributed by atoms with E-state index >= 15 is 4.39 Å². The molecule has 2 unspecified atom stereocenters. The lowest BCUT2D eigenvalue weighted by Crippen LogP contribution is -2.44. The summed E-state index contributed by atoms with van der Waals surface area (Å²) in [6.45, 7) is 4.25. The second-order valence-corrected chi connectivity index (χ2v) is 9.97. The Bertz CT molecular complexity index is 1460. The van der Waals surface area contributed by atoms with Gasteiger partial charge in [-0.05, 0) is 42.2 Å². The number of phenols is 1. The molecule has 0 saturated carbocycles. The number of halogens is 1. The average Bonchev–Trinajstić information content (AvgIpc) is 2.96. The van der Waals surface area contributed by atoms with Gasteiger partial charge in [-0.2, -0.15) is 5.26 Å². The summed E-state index contributed by atoms with van der Waals surface area (Å²) in [5.74, 6) is -0.749. The van der Waals surface area contributed by atoms with Gasteiger partial charge in [0.1, 0.15) is 28.1 Å². The fourth-order valence-corrected chi connectivity index (χ4v) is 4.92. The monoisotopic (exact) mass is 593 g/mol. The maximum atomic E-state index is 15.9. The standard InChI is InChI=1S/C28H29FN7O3PS/c1-3-4-13-36(15-18(10-11-30)32-16-37)27(34-21-7-6-12-31-28(21)41-2)19-14-20(29)25(35-26(19)33-17-38)24-22(39)8-5-9-23(24)40/h3,5-9,12,14,16-18,39H,1,4,10,13,15,40H2,2H3,(H,32,37)(H,33,35,38)/b34-27+. The minimum atomic E-state index is -0.770. The fourth-order valence-electron chi connectivity index (χ4n) is 4.04. The summed E-state index contributed by atoms with van der Waals surface area (Å²) in [5, 5.41) is 26.1. The molecule has 0 bridgehead atoms. The minimum Gasteiger partial charge on any atom is -0.507 e. The SMILES string of the molecule is C=CCCN(CC(CC#N)NC=O)/C(=N/c1cccnc1SC)c1cc(F)c(-c2c(O)cccc2P)nc1NC=O. The molecule has 13 heteroatoms. The number of pyridine rings is 2. The molecule has 212 valence electrons.